The van der Waals surface area contributed by atoms with Gasteiger partial charge in [0, 0.05) is 12.1 Å². The Hall–Kier alpha value is -2.57. The van der Waals surface area contributed by atoms with Gasteiger partial charge >= 0.3 is 0 Å². The molecule has 0 aliphatic heterocycles. The lowest BCUT2D eigenvalue weighted by Crippen LogP contribution is -2.34. The topological polar surface area (TPSA) is 56.3 Å². The van der Waals surface area contributed by atoms with Crippen LogP contribution in [0.4, 0.5) is 0 Å². The van der Waals surface area contributed by atoms with Gasteiger partial charge in [-0.1, -0.05) is 6.07 Å². The van der Waals surface area contributed by atoms with E-state index in [2.05, 4.69) is 15.2 Å². The molecule has 7 nitrogen and oxygen atoms in total. The largest absolute Gasteiger partial charge is 0.240 e. The van der Waals surface area contributed by atoms with E-state index in [1.807, 2.05) is 54.1 Å². The standard InChI is InChI=1S/C11H13N7/c1-15-8-17(6-12-15)10-4-3-5-11(14-10)18-7-13-16(2)9-18/h3-9H,1-2H3/q+2. The van der Waals surface area contributed by atoms with Crippen LogP contribution in [0.1, 0.15) is 0 Å². The van der Waals surface area contributed by atoms with Crippen molar-refractivity contribution >= 4 is 0 Å². The molecule has 90 valence electrons. The zero-order valence-corrected chi connectivity index (χ0v) is 10.2. The van der Waals surface area contributed by atoms with Crippen molar-refractivity contribution in [1.82, 2.24) is 24.5 Å². The average Bonchev–Trinajstić information content (AvgIpc) is 2.98. The molecule has 18 heavy (non-hydrogen) atoms. The van der Waals surface area contributed by atoms with Crippen LogP contribution in [0, 0.1) is 0 Å². The molecule has 0 aliphatic carbocycles. The maximum atomic E-state index is 4.56. The smallest absolute Gasteiger partial charge is 0.197 e. The Morgan fingerprint density at radius 1 is 0.889 bits per heavy atom. The molecule has 3 rings (SSSR count). The van der Waals surface area contributed by atoms with Crippen molar-refractivity contribution in [2.75, 3.05) is 0 Å². The van der Waals surface area contributed by atoms with Crippen molar-refractivity contribution in [3.63, 3.8) is 0 Å². The summed E-state index contributed by atoms with van der Waals surface area (Å²) in [6.07, 6.45) is 7.17. The second kappa shape index (κ2) is 4.02. The Morgan fingerprint density at radius 3 is 1.78 bits per heavy atom. The van der Waals surface area contributed by atoms with Gasteiger partial charge in [0.05, 0.1) is 14.1 Å². The van der Waals surface area contributed by atoms with Crippen molar-refractivity contribution in [2.45, 2.75) is 0 Å². The van der Waals surface area contributed by atoms with Gasteiger partial charge in [-0.25, -0.2) is 0 Å². The highest BCUT2D eigenvalue weighted by molar-refractivity contribution is 5.19. The molecule has 3 aromatic heterocycles. The fourth-order valence-electron chi connectivity index (χ4n) is 1.69. The summed E-state index contributed by atoms with van der Waals surface area (Å²) in [5, 5.41) is 8.23. The van der Waals surface area contributed by atoms with Gasteiger partial charge < -0.3 is 0 Å². The van der Waals surface area contributed by atoms with Gasteiger partial charge in [0.1, 0.15) is 0 Å². The Morgan fingerprint density at radius 2 is 1.39 bits per heavy atom. The molecule has 3 aromatic rings. The third-order valence-electron chi connectivity index (χ3n) is 2.55. The number of hydrogen-bond donors (Lipinski definition) is 0. The van der Waals surface area contributed by atoms with E-state index in [9.17, 15) is 0 Å². The first kappa shape index (κ1) is 10.6. The van der Waals surface area contributed by atoms with Gasteiger partial charge in [-0.15, -0.1) is 4.98 Å². The fourth-order valence-corrected chi connectivity index (χ4v) is 1.69. The number of pyridine rings is 1. The monoisotopic (exact) mass is 243 g/mol. The number of aryl methyl sites for hydroxylation is 2. The molecule has 0 saturated heterocycles. The number of aromatic nitrogens is 7. The van der Waals surface area contributed by atoms with Crippen molar-refractivity contribution in [3.8, 4) is 11.6 Å². The van der Waals surface area contributed by atoms with E-state index in [0.717, 1.165) is 11.6 Å². The lowest BCUT2D eigenvalue weighted by molar-refractivity contribution is -0.612. The van der Waals surface area contributed by atoms with Crippen LogP contribution in [0.15, 0.2) is 43.5 Å². The molecular weight excluding hydrogens is 230 g/mol. The van der Waals surface area contributed by atoms with Gasteiger partial charge in [-0.3, -0.25) is 0 Å². The Bertz CT molecular complexity index is 627. The van der Waals surface area contributed by atoms with Gasteiger partial charge in [0.25, 0.3) is 0 Å². The van der Waals surface area contributed by atoms with Crippen LogP contribution in [-0.4, -0.2) is 24.5 Å². The van der Waals surface area contributed by atoms with Gasteiger partial charge in [0.15, 0.2) is 12.7 Å². The summed E-state index contributed by atoms with van der Waals surface area (Å²) in [5.74, 6) is 1.63. The SMILES string of the molecule is Cn1c[n+](-c2cccc(-[n+]3cnn(C)c3)n2)cn1. The zero-order valence-electron chi connectivity index (χ0n) is 10.2. The van der Waals surface area contributed by atoms with Gasteiger partial charge in [-0.05, 0) is 10.2 Å². The van der Waals surface area contributed by atoms with Crippen LogP contribution in [0.25, 0.3) is 11.6 Å². The minimum Gasteiger partial charge on any atom is -0.197 e. The quantitative estimate of drug-likeness (QED) is 0.548. The Labute approximate surface area is 104 Å². The van der Waals surface area contributed by atoms with Gasteiger partial charge in [0.2, 0.25) is 24.3 Å². The minimum absolute atomic E-state index is 0.817. The van der Waals surface area contributed by atoms with Crippen LogP contribution in [0.2, 0.25) is 0 Å². The highest BCUT2D eigenvalue weighted by Gasteiger charge is 2.11. The predicted molar refractivity (Wildman–Crippen MR) is 60.8 cm³/mol. The van der Waals surface area contributed by atoms with E-state index >= 15 is 0 Å². The van der Waals surface area contributed by atoms with E-state index in [-0.39, 0.29) is 0 Å². The van der Waals surface area contributed by atoms with Gasteiger partial charge in [-0.2, -0.15) is 18.5 Å². The zero-order chi connectivity index (χ0) is 12.5. The predicted octanol–water partition coefficient (Wildman–Crippen LogP) is -0.898. The summed E-state index contributed by atoms with van der Waals surface area (Å²) in [7, 11) is 3.74. The Balaban J connectivity index is 2.04. The van der Waals surface area contributed by atoms with Crippen molar-refractivity contribution in [3.05, 3.63) is 43.5 Å². The number of rotatable bonds is 2. The van der Waals surface area contributed by atoms with Crippen molar-refractivity contribution in [1.29, 1.82) is 0 Å². The summed E-state index contributed by atoms with van der Waals surface area (Å²) < 4.78 is 7.18. The molecule has 0 aliphatic rings. The molecule has 3 heterocycles. The molecule has 0 spiro atoms. The molecule has 0 unspecified atom stereocenters. The molecule has 7 heteroatoms. The van der Waals surface area contributed by atoms with Crippen LogP contribution in [-0.2, 0) is 14.1 Å². The maximum Gasteiger partial charge on any atom is 0.240 e. The normalized spacial score (nSPS) is 10.8. The summed E-state index contributed by atoms with van der Waals surface area (Å²) in [5.41, 5.74) is 0. The highest BCUT2D eigenvalue weighted by Crippen LogP contribution is 1.98. The van der Waals surface area contributed by atoms with Crippen LogP contribution in [0.3, 0.4) is 0 Å². The molecule has 0 aromatic carbocycles. The van der Waals surface area contributed by atoms with E-state index in [0.29, 0.717) is 0 Å². The van der Waals surface area contributed by atoms with E-state index in [1.54, 1.807) is 22.0 Å². The minimum atomic E-state index is 0.817. The Kier molecular flexibility index (Phi) is 2.36. The fraction of sp³-hybridized carbons (Fsp3) is 0.182. The third kappa shape index (κ3) is 1.86. The van der Waals surface area contributed by atoms with E-state index < -0.39 is 0 Å². The molecule has 0 bridgehead atoms. The summed E-state index contributed by atoms with van der Waals surface area (Å²) >= 11 is 0. The molecule has 0 saturated carbocycles. The van der Waals surface area contributed by atoms with Crippen molar-refractivity contribution < 1.29 is 9.13 Å². The maximum absolute atomic E-state index is 4.56. The molecule has 0 amide bonds. The molecule has 0 fully saturated rings. The molecule has 0 N–H and O–H groups in total. The average molecular weight is 243 g/mol. The first-order valence-electron chi connectivity index (χ1n) is 5.50. The number of nitrogens with zero attached hydrogens (tertiary/aromatic N) is 7. The van der Waals surface area contributed by atoms with E-state index in [4.69, 9.17) is 0 Å². The summed E-state index contributed by atoms with van der Waals surface area (Å²) in [6, 6.07) is 5.82. The number of hydrogen-bond acceptors (Lipinski definition) is 3. The lowest BCUT2D eigenvalue weighted by Gasteiger charge is -1.96. The molecular formula is C11H13N7+2. The third-order valence-corrected chi connectivity index (χ3v) is 2.55. The molecule has 0 atom stereocenters. The van der Waals surface area contributed by atoms with Crippen LogP contribution >= 0.6 is 0 Å². The first-order chi connectivity index (χ1) is 8.72. The summed E-state index contributed by atoms with van der Waals surface area (Å²) in [6.45, 7) is 0. The summed E-state index contributed by atoms with van der Waals surface area (Å²) in [4.78, 5) is 4.56. The first-order valence-corrected chi connectivity index (χ1v) is 5.50. The van der Waals surface area contributed by atoms with Crippen molar-refractivity contribution in [2.24, 2.45) is 14.1 Å². The second-order valence-corrected chi connectivity index (χ2v) is 4.01. The van der Waals surface area contributed by atoms with E-state index in [1.165, 1.54) is 0 Å². The van der Waals surface area contributed by atoms with Crippen LogP contribution < -0.4 is 9.13 Å². The lowest BCUT2D eigenvalue weighted by atomic mass is 10.4. The molecule has 0 radical (unpaired) electrons. The second-order valence-electron chi connectivity index (χ2n) is 4.01. The van der Waals surface area contributed by atoms with Crippen LogP contribution in [0.5, 0.6) is 0 Å². The highest BCUT2D eigenvalue weighted by atomic mass is 15.4.